The average molecular weight is 434 g/mol. The van der Waals surface area contributed by atoms with Crippen LogP contribution in [0.3, 0.4) is 0 Å². The number of ether oxygens (including phenoxy) is 5. The molecular formula is C21H22O10. The molecule has 0 atom stereocenters. The Morgan fingerprint density at radius 1 is 0.742 bits per heavy atom. The highest BCUT2D eigenvalue weighted by molar-refractivity contribution is 5.54. The molecule has 0 aliphatic carbocycles. The molecule has 2 aliphatic rings. The maximum atomic E-state index is 9.43. The third-order valence-corrected chi connectivity index (χ3v) is 3.74. The van der Waals surface area contributed by atoms with E-state index in [9.17, 15) is 5.11 Å². The lowest BCUT2D eigenvalue weighted by atomic mass is 10.2. The molecule has 0 bridgehead atoms. The lowest BCUT2D eigenvalue weighted by Gasteiger charge is -2.20. The zero-order valence-corrected chi connectivity index (χ0v) is 17.3. The Balaban J connectivity index is 0.000000249. The Morgan fingerprint density at radius 2 is 1.16 bits per heavy atom. The van der Waals surface area contributed by atoms with Crippen molar-refractivity contribution in [2.75, 3.05) is 33.5 Å². The molecule has 0 amide bonds. The minimum atomic E-state index is 0.157. The summed E-state index contributed by atoms with van der Waals surface area (Å²) in [4.78, 5) is 32.5. The van der Waals surface area contributed by atoms with E-state index in [0.29, 0.717) is 37.9 Å². The second-order valence-electron chi connectivity index (χ2n) is 5.97. The summed E-state index contributed by atoms with van der Waals surface area (Å²) in [5, 5.41) is 9.43. The van der Waals surface area contributed by atoms with Gasteiger partial charge in [-0.3, -0.25) is 0 Å². The van der Waals surface area contributed by atoms with Gasteiger partial charge in [0, 0.05) is 0 Å². The molecule has 31 heavy (non-hydrogen) atoms. The fraction of sp³-hybridized carbons (Fsp3) is 0.333. The van der Waals surface area contributed by atoms with Gasteiger partial charge >= 0.3 is 12.3 Å². The first-order chi connectivity index (χ1) is 14.9. The van der Waals surface area contributed by atoms with Crippen LogP contribution in [0.15, 0.2) is 24.3 Å². The quantitative estimate of drug-likeness (QED) is 0.711. The van der Waals surface area contributed by atoms with Gasteiger partial charge in [0.15, 0.2) is 23.0 Å². The van der Waals surface area contributed by atoms with E-state index in [1.807, 2.05) is 32.0 Å². The van der Waals surface area contributed by atoms with Crippen LogP contribution >= 0.6 is 0 Å². The molecule has 2 aromatic rings. The van der Waals surface area contributed by atoms with E-state index in [1.165, 1.54) is 0 Å². The first kappa shape index (κ1) is 25.0. The molecule has 1 N–H and O–H groups in total. The van der Waals surface area contributed by atoms with Crippen molar-refractivity contribution >= 4 is 12.3 Å². The van der Waals surface area contributed by atoms with Crippen molar-refractivity contribution in [1.29, 1.82) is 0 Å². The summed E-state index contributed by atoms with van der Waals surface area (Å²) in [6.07, 6.45) is 0.500. The fourth-order valence-corrected chi connectivity index (χ4v) is 2.67. The number of fused-ring (bicyclic) bond motifs is 2. The van der Waals surface area contributed by atoms with Gasteiger partial charge in [0.2, 0.25) is 11.5 Å². The largest absolute Gasteiger partial charge is 0.504 e. The lowest BCUT2D eigenvalue weighted by Crippen LogP contribution is -2.16. The minimum Gasteiger partial charge on any atom is -0.504 e. The Morgan fingerprint density at radius 3 is 1.68 bits per heavy atom. The number of hydrogen-bond acceptors (Lipinski definition) is 10. The van der Waals surface area contributed by atoms with E-state index < -0.39 is 0 Å². The summed E-state index contributed by atoms with van der Waals surface area (Å²) >= 11 is 0. The molecule has 0 spiro atoms. The molecule has 166 valence electrons. The van der Waals surface area contributed by atoms with Crippen molar-refractivity contribution < 1.29 is 48.0 Å². The number of methoxy groups -OCH3 is 1. The molecule has 2 heterocycles. The van der Waals surface area contributed by atoms with Crippen molar-refractivity contribution in [3.05, 3.63) is 35.4 Å². The number of hydrogen-bond donors (Lipinski definition) is 1. The fourth-order valence-electron chi connectivity index (χ4n) is 2.67. The number of rotatable bonds is 1. The first-order valence-corrected chi connectivity index (χ1v) is 8.93. The summed E-state index contributed by atoms with van der Waals surface area (Å²) in [5.74, 6) is 3.51. The molecule has 0 fully saturated rings. The third kappa shape index (κ3) is 7.74. The van der Waals surface area contributed by atoms with Crippen molar-refractivity contribution in [1.82, 2.24) is 0 Å². The Labute approximate surface area is 178 Å². The highest BCUT2D eigenvalue weighted by Crippen LogP contribution is 2.40. The van der Waals surface area contributed by atoms with Gasteiger partial charge in [-0.25, -0.2) is 0 Å². The van der Waals surface area contributed by atoms with Crippen LogP contribution in [-0.2, 0) is 19.2 Å². The van der Waals surface area contributed by atoms with Crippen LogP contribution < -0.4 is 23.7 Å². The minimum absolute atomic E-state index is 0.157. The van der Waals surface area contributed by atoms with Gasteiger partial charge < -0.3 is 28.8 Å². The first-order valence-electron chi connectivity index (χ1n) is 8.93. The summed E-state index contributed by atoms with van der Waals surface area (Å²) < 4.78 is 26.6. The van der Waals surface area contributed by atoms with Crippen LogP contribution in [0, 0.1) is 13.8 Å². The second kappa shape index (κ2) is 13.3. The predicted molar refractivity (Wildman–Crippen MR) is 103 cm³/mol. The number of aromatic hydroxyl groups is 1. The summed E-state index contributed by atoms with van der Waals surface area (Å²) in [7, 11) is 1.63. The third-order valence-electron chi connectivity index (χ3n) is 3.74. The number of phenolic OH excluding ortho intramolecular Hbond substituents is 1. The van der Waals surface area contributed by atoms with Crippen LogP contribution in [-0.4, -0.2) is 50.9 Å². The van der Waals surface area contributed by atoms with Crippen LogP contribution in [0.25, 0.3) is 0 Å². The zero-order valence-electron chi connectivity index (χ0n) is 17.3. The standard InChI is InChI=1S/C10H12O3.C9H10O3.2CO2/c1-7-5-8(11-2)10-9(6-7)12-3-4-13-10;1-6-4-7(10)9-8(5-6)11-2-3-12-9;2*2-1-3/h5-6H,3-4H2,1-2H3;4-5,10H,2-3H2,1H3;;. The Bertz CT molecular complexity index is 897. The van der Waals surface area contributed by atoms with Crippen molar-refractivity contribution in [3.8, 4) is 34.5 Å². The van der Waals surface area contributed by atoms with Crippen molar-refractivity contribution in [2.45, 2.75) is 13.8 Å². The van der Waals surface area contributed by atoms with Gasteiger partial charge in [0.05, 0.1) is 7.11 Å². The number of benzene rings is 2. The maximum Gasteiger partial charge on any atom is 0.373 e. The lowest BCUT2D eigenvalue weighted by molar-refractivity contribution is -0.193. The summed E-state index contributed by atoms with van der Waals surface area (Å²) in [6, 6.07) is 7.41. The van der Waals surface area contributed by atoms with Crippen molar-refractivity contribution in [2.24, 2.45) is 0 Å². The van der Waals surface area contributed by atoms with Gasteiger partial charge in [-0.05, 0) is 49.2 Å². The van der Waals surface area contributed by atoms with Crippen LogP contribution in [0.4, 0.5) is 0 Å². The van der Waals surface area contributed by atoms with Gasteiger partial charge in [-0.1, -0.05) is 0 Å². The number of aryl methyl sites for hydroxylation is 2. The van der Waals surface area contributed by atoms with Crippen LogP contribution in [0.5, 0.6) is 34.5 Å². The van der Waals surface area contributed by atoms with E-state index in [2.05, 4.69) is 0 Å². The van der Waals surface area contributed by atoms with E-state index >= 15 is 0 Å². The average Bonchev–Trinajstić information content (AvgIpc) is 2.74. The van der Waals surface area contributed by atoms with Crippen molar-refractivity contribution in [3.63, 3.8) is 0 Å². The monoisotopic (exact) mass is 434 g/mol. The molecule has 2 aliphatic heterocycles. The van der Waals surface area contributed by atoms with Crippen LogP contribution in [0.2, 0.25) is 0 Å². The van der Waals surface area contributed by atoms with E-state index in [1.54, 1.807) is 13.2 Å². The summed E-state index contributed by atoms with van der Waals surface area (Å²) in [5.41, 5.74) is 2.08. The normalized spacial score (nSPS) is 12.0. The predicted octanol–water partition coefficient (Wildman–Crippen LogP) is 2.08. The van der Waals surface area contributed by atoms with Gasteiger partial charge in [0.1, 0.15) is 26.4 Å². The van der Waals surface area contributed by atoms with Gasteiger partial charge in [0.25, 0.3) is 0 Å². The molecule has 0 radical (unpaired) electrons. The smallest absolute Gasteiger partial charge is 0.373 e. The molecule has 0 saturated heterocycles. The highest BCUT2D eigenvalue weighted by Gasteiger charge is 2.17. The van der Waals surface area contributed by atoms with E-state index in [4.69, 9.17) is 42.9 Å². The summed E-state index contributed by atoms with van der Waals surface area (Å²) in [6.45, 7) is 6.16. The maximum absolute atomic E-state index is 9.43. The molecule has 0 unspecified atom stereocenters. The second-order valence-corrected chi connectivity index (χ2v) is 5.97. The molecule has 10 heteroatoms. The van der Waals surface area contributed by atoms with Gasteiger partial charge in [-0.15, -0.1) is 0 Å². The van der Waals surface area contributed by atoms with Gasteiger partial charge in [-0.2, -0.15) is 19.2 Å². The number of carbonyl (C=O) groups excluding carboxylic acids is 4. The Kier molecular flexibility index (Phi) is 10.7. The van der Waals surface area contributed by atoms with E-state index in [-0.39, 0.29) is 18.1 Å². The van der Waals surface area contributed by atoms with Crippen LogP contribution in [0.1, 0.15) is 11.1 Å². The zero-order chi connectivity index (χ0) is 23.2. The molecule has 10 nitrogen and oxygen atoms in total. The molecule has 4 rings (SSSR count). The Hall–Kier alpha value is -4.00. The number of phenols is 1. The van der Waals surface area contributed by atoms with E-state index in [0.717, 1.165) is 28.4 Å². The topological polar surface area (TPSA) is 135 Å². The molecular weight excluding hydrogens is 412 g/mol. The molecule has 2 aromatic carbocycles. The molecule has 0 saturated carbocycles. The SMILES string of the molecule is COc1cc(C)cc2c1OCCO2.Cc1cc(O)c2c(c1)OCCO2.O=C=O.O=C=O. The molecule has 0 aromatic heterocycles. The highest BCUT2D eigenvalue weighted by atomic mass is 16.6.